The van der Waals surface area contributed by atoms with Crippen LogP contribution in [0.2, 0.25) is 0 Å². The van der Waals surface area contributed by atoms with Crippen LogP contribution < -0.4 is 10.6 Å². The molecule has 0 spiro atoms. The number of rotatable bonds is 4. The Morgan fingerprint density at radius 3 is 3.11 bits per heavy atom. The molecule has 0 radical (unpaired) electrons. The Morgan fingerprint density at radius 2 is 2.44 bits per heavy atom. The Kier molecular flexibility index (Phi) is 4.37. The van der Waals surface area contributed by atoms with Crippen molar-refractivity contribution in [1.82, 2.24) is 5.32 Å². The second-order valence-electron chi connectivity index (χ2n) is 5.01. The topological polar surface area (TPSA) is 50.4 Å². The minimum Gasteiger partial charge on any atom is -0.380 e. The van der Waals surface area contributed by atoms with Crippen molar-refractivity contribution in [2.45, 2.75) is 38.8 Å². The molecule has 0 aromatic carbocycles. The largest absolute Gasteiger partial charge is 0.380 e. The normalized spacial score (nSPS) is 23.9. The second-order valence-corrected chi connectivity index (χ2v) is 6.01. The van der Waals surface area contributed by atoms with Crippen LogP contribution in [0, 0.1) is 0 Å². The van der Waals surface area contributed by atoms with Crippen LogP contribution in [0.4, 0.5) is 5.69 Å². The predicted molar refractivity (Wildman–Crippen MR) is 73.9 cm³/mol. The van der Waals surface area contributed by atoms with E-state index >= 15 is 0 Å². The first kappa shape index (κ1) is 13.5. The van der Waals surface area contributed by atoms with E-state index in [1.54, 1.807) is 11.3 Å². The predicted octanol–water partition coefficient (Wildman–Crippen LogP) is 2.37. The highest BCUT2D eigenvalue weighted by Crippen LogP contribution is 2.24. The summed E-state index contributed by atoms with van der Waals surface area (Å²) < 4.78 is 5.52. The molecule has 2 rings (SSSR count). The third-order valence-corrected chi connectivity index (χ3v) is 4.09. The highest BCUT2D eigenvalue weighted by atomic mass is 32.1. The fraction of sp³-hybridized carbons (Fsp3) is 0.615. The Bertz CT molecular complexity index is 411. The summed E-state index contributed by atoms with van der Waals surface area (Å²) in [5.41, 5.74) is 0.968. The number of hydrogen-bond acceptors (Lipinski definition) is 4. The highest BCUT2D eigenvalue weighted by molar-refractivity contribution is 7.10. The van der Waals surface area contributed by atoms with Gasteiger partial charge in [-0.2, -0.15) is 0 Å². The van der Waals surface area contributed by atoms with E-state index in [1.165, 1.54) is 6.92 Å². The average Bonchev–Trinajstić information content (AvgIpc) is 2.74. The molecule has 1 unspecified atom stereocenters. The van der Waals surface area contributed by atoms with E-state index in [4.69, 9.17) is 4.74 Å². The zero-order valence-electron chi connectivity index (χ0n) is 10.9. The molecule has 1 aliphatic heterocycles. The number of carbonyl (C=O) groups excluding carboxylic acids is 1. The third-order valence-electron chi connectivity index (χ3n) is 3.17. The lowest BCUT2D eigenvalue weighted by Gasteiger charge is -2.34. The van der Waals surface area contributed by atoms with Gasteiger partial charge in [-0.15, -0.1) is 11.3 Å². The molecule has 4 nitrogen and oxygen atoms in total. The van der Waals surface area contributed by atoms with E-state index < -0.39 is 0 Å². The molecule has 0 aliphatic carbocycles. The van der Waals surface area contributed by atoms with Crippen molar-refractivity contribution in [1.29, 1.82) is 0 Å². The molecule has 1 aliphatic rings. The van der Waals surface area contributed by atoms with Crippen LogP contribution in [-0.4, -0.2) is 24.7 Å². The number of amides is 1. The molecule has 2 N–H and O–H groups in total. The van der Waals surface area contributed by atoms with Gasteiger partial charge in [0.25, 0.3) is 0 Å². The number of thiophene rings is 1. The molecule has 18 heavy (non-hydrogen) atoms. The van der Waals surface area contributed by atoms with Gasteiger partial charge < -0.3 is 15.4 Å². The molecule has 2 heterocycles. The van der Waals surface area contributed by atoms with Crippen LogP contribution in [-0.2, 0) is 16.1 Å². The van der Waals surface area contributed by atoms with Crippen molar-refractivity contribution < 1.29 is 9.53 Å². The lowest BCUT2D eigenvalue weighted by atomic mass is 9.95. The number of ether oxygens (including phenoxy) is 1. The number of nitrogens with one attached hydrogen (secondary N) is 2. The third kappa shape index (κ3) is 3.54. The van der Waals surface area contributed by atoms with Crippen molar-refractivity contribution >= 4 is 22.9 Å². The molecule has 100 valence electrons. The van der Waals surface area contributed by atoms with Crippen molar-refractivity contribution in [2.75, 3.05) is 18.5 Å². The summed E-state index contributed by atoms with van der Waals surface area (Å²) in [5, 5.41) is 8.40. The summed E-state index contributed by atoms with van der Waals surface area (Å²) in [6.45, 7) is 6.12. The van der Waals surface area contributed by atoms with Crippen LogP contribution in [0.1, 0.15) is 31.6 Å². The van der Waals surface area contributed by atoms with Crippen LogP contribution in [0.25, 0.3) is 0 Å². The molecule has 0 saturated carbocycles. The summed E-state index contributed by atoms with van der Waals surface area (Å²) in [6, 6.07) is 1.95. The van der Waals surface area contributed by atoms with Crippen molar-refractivity contribution in [3.05, 3.63) is 16.3 Å². The maximum atomic E-state index is 11.1. The zero-order valence-corrected chi connectivity index (χ0v) is 11.7. The van der Waals surface area contributed by atoms with E-state index in [0.29, 0.717) is 0 Å². The van der Waals surface area contributed by atoms with E-state index in [1.807, 2.05) is 11.4 Å². The van der Waals surface area contributed by atoms with Gasteiger partial charge in [0.15, 0.2) is 0 Å². The Morgan fingerprint density at radius 1 is 1.61 bits per heavy atom. The van der Waals surface area contributed by atoms with Crippen LogP contribution in [0.3, 0.4) is 0 Å². The highest BCUT2D eigenvalue weighted by Gasteiger charge is 2.27. The van der Waals surface area contributed by atoms with Crippen molar-refractivity contribution in [3.63, 3.8) is 0 Å². The molecule has 1 fully saturated rings. The standard InChI is InChI=1S/C13H20N2O2S/c1-10(16)15-11-4-7-18-12(11)8-14-13(2)5-3-6-17-9-13/h4,7,14H,3,5-6,8-9H2,1-2H3,(H,15,16). The smallest absolute Gasteiger partial charge is 0.221 e. The van der Waals surface area contributed by atoms with E-state index in [9.17, 15) is 4.79 Å². The summed E-state index contributed by atoms with van der Waals surface area (Å²) in [7, 11) is 0. The molecule has 0 bridgehead atoms. The van der Waals surface area contributed by atoms with Gasteiger partial charge in [-0.25, -0.2) is 0 Å². The monoisotopic (exact) mass is 268 g/mol. The van der Waals surface area contributed by atoms with Gasteiger partial charge in [-0.1, -0.05) is 0 Å². The Hall–Kier alpha value is -0.910. The summed E-state index contributed by atoms with van der Waals surface area (Å²) >= 11 is 1.66. The molecule has 1 saturated heterocycles. The zero-order chi connectivity index (χ0) is 13.0. The van der Waals surface area contributed by atoms with Crippen LogP contribution in [0.5, 0.6) is 0 Å². The van der Waals surface area contributed by atoms with Gasteiger partial charge in [-0.3, -0.25) is 4.79 Å². The fourth-order valence-corrected chi connectivity index (χ4v) is 2.92. The SMILES string of the molecule is CC(=O)Nc1ccsc1CNC1(C)CCCOC1. The Balaban J connectivity index is 1.93. The minimum absolute atomic E-state index is 0.0261. The lowest BCUT2D eigenvalue weighted by molar-refractivity contribution is -0.114. The summed E-state index contributed by atoms with van der Waals surface area (Å²) in [6.07, 6.45) is 2.24. The lowest BCUT2D eigenvalue weighted by Crippen LogP contribution is -2.48. The van der Waals surface area contributed by atoms with Crippen molar-refractivity contribution in [2.24, 2.45) is 0 Å². The first-order chi connectivity index (χ1) is 8.59. The summed E-state index contributed by atoms with van der Waals surface area (Å²) in [5.74, 6) is -0.0261. The molecular formula is C13H20N2O2S. The maximum absolute atomic E-state index is 11.1. The van der Waals surface area contributed by atoms with Gasteiger partial charge in [0, 0.05) is 30.5 Å². The summed E-state index contributed by atoms with van der Waals surface area (Å²) in [4.78, 5) is 12.2. The van der Waals surface area contributed by atoms with E-state index in [-0.39, 0.29) is 11.4 Å². The fourth-order valence-electron chi connectivity index (χ4n) is 2.15. The minimum atomic E-state index is -0.0261. The second kappa shape index (κ2) is 5.82. The average molecular weight is 268 g/mol. The van der Waals surface area contributed by atoms with Crippen LogP contribution in [0.15, 0.2) is 11.4 Å². The van der Waals surface area contributed by atoms with Crippen molar-refractivity contribution in [3.8, 4) is 0 Å². The van der Waals surface area contributed by atoms with Gasteiger partial charge in [-0.05, 0) is 31.2 Å². The molecule has 1 aromatic heterocycles. The van der Waals surface area contributed by atoms with E-state index in [2.05, 4.69) is 17.6 Å². The van der Waals surface area contributed by atoms with Gasteiger partial charge in [0.05, 0.1) is 12.3 Å². The number of carbonyl (C=O) groups is 1. The van der Waals surface area contributed by atoms with Crippen LogP contribution >= 0.6 is 11.3 Å². The number of hydrogen-bond donors (Lipinski definition) is 2. The van der Waals surface area contributed by atoms with Gasteiger partial charge in [0.2, 0.25) is 5.91 Å². The quantitative estimate of drug-likeness (QED) is 0.881. The molecule has 1 atom stereocenters. The first-order valence-electron chi connectivity index (χ1n) is 6.26. The molecular weight excluding hydrogens is 248 g/mol. The van der Waals surface area contributed by atoms with E-state index in [0.717, 1.165) is 43.2 Å². The number of anilines is 1. The first-order valence-corrected chi connectivity index (χ1v) is 7.14. The Labute approximate surface area is 112 Å². The van der Waals surface area contributed by atoms with Gasteiger partial charge in [0.1, 0.15) is 0 Å². The molecule has 1 amide bonds. The molecule has 5 heteroatoms. The van der Waals surface area contributed by atoms with Gasteiger partial charge >= 0.3 is 0 Å². The molecule has 1 aromatic rings. The maximum Gasteiger partial charge on any atom is 0.221 e.